The van der Waals surface area contributed by atoms with Crippen LogP contribution < -0.4 is 16.4 Å². The maximum Gasteiger partial charge on any atom is 0.237 e. The monoisotopic (exact) mass is 232 g/mol. The van der Waals surface area contributed by atoms with Gasteiger partial charge in [-0.1, -0.05) is 6.07 Å². The van der Waals surface area contributed by atoms with Crippen LogP contribution in [0.15, 0.2) is 12.1 Å². The summed E-state index contributed by atoms with van der Waals surface area (Å²) in [6, 6.07) is 3.88. The van der Waals surface area contributed by atoms with Crippen molar-refractivity contribution in [3.8, 4) is 0 Å². The molecule has 0 bridgehead atoms. The standard InChI is InChI=1S/C12H16N4O/c13-11-4-1-7-8(15-11)2-3-9(7)16-12(17)10-5-6-14-10/h1,4,9-10,14H,2-3,5-6H2,(H2,13,15)(H,16,17). The van der Waals surface area contributed by atoms with Gasteiger partial charge < -0.3 is 16.4 Å². The predicted molar refractivity (Wildman–Crippen MR) is 64.3 cm³/mol. The van der Waals surface area contributed by atoms with Crippen molar-refractivity contribution in [1.29, 1.82) is 0 Å². The molecule has 0 radical (unpaired) electrons. The summed E-state index contributed by atoms with van der Waals surface area (Å²) in [5.41, 5.74) is 7.79. The van der Waals surface area contributed by atoms with Crippen LogP contribution in [0.2, 0.25) is 0 Å². The molecule has 1 amide bonds. The van der Waals surface area contributed by atoms with E-state index in [1.807, 2.05) is 6.07 Å². The van der Waals surface area contributed by atoms with Crippen LogP contribution >= 0.6 is 0 Å². The van der Waals surface area contributed by atoms with E-state index in [2.05, 4.69) is 15.6 Å². The van der Waals surface area contributed by atoms with E-state index in [1.54, 1.807) is 6.07 Å². The fourth-order valence-corrected chi connectivity index (χ4v) is 2.42. The highest BCUT2D eigenvalue weighted by atomic mass is 16.2. The van der Waals surface area contributed by atoms with Crippen molar-refractivity contribution < 1.29 is 4.79 Å². The lowest BCUT2D eigenvalue weighted by Crippen LogP contribution is -2.53. The number of hydrogen-bond donors (Lipinski definition) is 3. The lowest BCUT2D eigenvalue weighted by atomic mass is 10.1. The average molecular weight is 232 g/mol. The van der Waals surface area contributed by atoms with Crippen LogP contribution in [-0.2, 0) is 11.2 Å². The smallest absolute Gasteiger partial charge is 0.237 e. The minimum absolute atomic E-state index is 0.000732. The second-order valence-corrected chi connectivity index (χ2v) is 4.67. The topological polar surface area (TPSA) is 80.0 Å². The van der Waals surface area contributed by atoms with Gasteiger partial charge in [0.05, 0.1) is 12.1 Å². The van der Waals surface area contributed by atoms with Crippen molar-refractivity contribution in [2.75, 3.05) is 12.3 Å². The molecule has 0 spiro atoms. The van der Waals surface area contributed by atoms with Crippen molar-refractivity contribution in [3.05, 3.63) is 23.4 Å². The first kappa shape index (κ1) is 10.5. The summed E-state index contributed by atoms with van der Waals surface area (Å²) in [7, 11) is 0. The van der Waals surface area contributed by atoms with E-state index >= 15 is 0 Å². The Hall–Kier alpha value is -1.62. The Morgan fingerprint density at radius 3 is 3.00 bits per heavy atom. The van der Waals surface area contributed by atoms with Crippen LogP contribution in [-0.4, -0.2) is 23.5 Å². The van der Waals surface area contributed by atoms with Gasteiger partial charge in [-0.15, -0.1) is 0 Å². The molecule has 0 aromatic carbocycles. The molecule has 90 valence electrons. The minimum atomic E-state index is 0.000732. The number of nitrogens with two attached hydrogens (primary N) is 1. The van der Waals surface area contributed by atoms with E-state index in [9.17, 15) is 4.79 Å². The number of carbonyl (C=O) groups excluding carboxylic acids is 1. The maximum atomic E-state index is 11.8. The highest BCUT2D eigenvalue weighted by Crippen LogP contribution is 2.30. The van der Waals surface area contributed by atoms with Gasteiger partial charge in [0, 0.05) is 5.69 Å². The lowest BCUT2D eigenvalue weighted by Gasteiger charge is -2.28. The molecule has 1 aliphatic heterocycles. The van der Waals surface area contributed by atoms with Crippen molar-refractivity contribution in [2.45, 2.75) is 31.3 Å². The third kappa shape index (κ3) is 1.86. The van der Waals surface area contributed by atoms with Crippen LogP contribution in [0.25, 0.3) is 0 Å². The van der Waals surface area contributed by atoms with Gasteiger partial charge in [0.1, 0.15) is 5.82 Å². The van der Waals surface area contributed by atoms with Crippen molar-refractivity contribution in [1.82, 2.24) is 15.6 Å². The van der Waals surface area contributed by atoms with E-state index in [-0.39, 0.29) is 18.0 Å². The Morgan fingerprint density at radius 2 is 2.29 bits per heavy atom. The van der Waals surface area contributed by atoms with Crippen LogP contribution in [0.3, 0.4) is 0 Å². The van der Waals surface area contributed by atoms with Crippen molar-refractivity contribution in [2.24, 2.45) is 0 Å². The van der Waals surface area contributed by atoms with Crippen LogP contribution in [0.1, 0.15) is 30.1 Å². The number of nitrogens with zero attached hydrogens (tertiary/aromatic N) is 1. The number of nitrogens with one attached hydrogen (secondary N) is 2. The first-order valence-corrected chi connectivity index (χ1v) is 6.03. The summed E-state index contributed by atoms with van der Waals surface area (Å²) < 4.78 is 0. The molecule has 2 atom stereocenters. The molecule has 3 rings (SSSR count). The molecule has 1 fully saturated rings. The third-order valence-corrected chi connectivity index (χ3v) is 3.53. The number of fused-ring (bicyclic) bond motifs is 1. The number of carbonyl (C=O) groups is 1. The number of hydrogen-bond acceptors (Lipinski definition) is 4. The molecule has 5 heteroatoms. The molecule has 1 aliphatic carbocycles. The zero-order valence-corrected chi connectivity index (χ0v) is 9.57. The second kappa shape index (κ2) is 4.00. The zero-order chi connectivity index (χ0) is 11.8. The number of aromatic nitrogens is 1. The van der Waals surface area contributed by atoms with Gasteiger partial charge in [0.25, 0.3) is 0 Å². The molecule has 2 aliphatic rings. The van der Waals surface area contributed by atoms with Gasteiger partial charge in [-0.25, -0.2) is 4.98 Å². The fraction of sp³-hybridized carbons (Fsp3) is 0.500. The Balaban J connectivity index is 1.72. The molecule has 4 N–H and O–H groups in total. The largest absolute Gasteiger partial charge is 0.384 e. The normalized spacial score (nSPS) is 26.1. The van der Waals surface area contributed by atoms with Gasteiger partial charge in [-0.3, -0.25) is 4.79 Å². The molecule has 5 nitrogen and oxygen atoms in total. The SMILES string of the molecule is Nc1ccc2c(n1)CCC2NC(=O)C1CCN1. The molecule has 2 unspecified atom stereocenters. The number of anilines is 1. The number of rotatable bonds is 2. The first-order chi connectivity index (χ1) is 8.24. The quantitative estimate of drug-likeness (QED) is 0.677. The third-order valence-electron chi connectivity index (χ3n) is 3.53. The molecule has 0 saturated carbocycles. The summed E-state index contributed by atoms with van der Waals surface area (Å²) in [5.74, 6) is 0.655. The number of nitrogen functional groups attached to an aromatic ring is 1. The van der Waals surface area contributed by atoms with Crippen molar-refractivity contribution >= 4 is 11.7 Å². The van der Waals surface area contributed by atoms with E-state index in [0.717, 1.165) is 37.1 Å². The Labute approximate surface area is 99.8 Å². The van der Waals surface area contributed by atoms with E-state index < -0.39 is 0 Å². The fourth-order valence-electron chi connectivity index (χ4n) is 2.42. The van der Waals surface area contributed by atoms with E-state index in [0.29, 0.717) is 5.82 Å². The predicted octanol–water partition coefficient (Wildman–Crippen LogP) is 0.129. The molecule has 1 saturated heterocycles. The molecular weight excluding hydrogens is 216 g/mol. The summed E-state index contributed by atoms with van der Waals surface area (Å²) in [5, 5.41) is 6.18. The highest BCUT2D eigenvalue weighted by Gasteiger charge is 2.30. The number of amides is 1. The maximum absolute atomic E-state index is 11.8. The van der Waals surface area contributed by atoms with Crippen molar-refractivity contribution in [3.63, 3.8) is 0 Å². The summed E-state index contributed by atoms with van der Waals surface area (Å²) >= 11 is 0. The molecule has 17 heavy (non-hydrogen) atoms. The molecular formula is C12H16N4O. The average Bonchev–Trinajstić information content (AvgIpc) is 2.58. The zero-order valence-electron chi connectivity index (χ0n) is 9.57. The molecule has 1 aromatic rings. The number of pyridine rings is 1. The molecule has 1 aromatic heterocycles. The van der Waals surface area contributed by atoms with Crippen LogP contribution in [0.4, 0.5) is 5.82 Å². The van der Waals surface area contributed by atoms with E-state index in [1.165, 1.54) is 0 Å². The van der Waals surface area contributed by atoms with Gasteiger partial charge in [0.15, 0.2) is 0 Å². The number of aryl methyl sites for hydroxylation is 1. The summed E-state index contributed by atoms with van der Waals surface area (Å²) in [6.45, 7) is 0.942. The minimum Gasteiger partial charge on any atom is -0.384 e. The van der Waals surface area contributed by atoms with Gasteiger partial charge >= 0.3 is 0 Å². The summed E-state index contributed by atoms with van der Waals surface area (Å²) in [4.78, 5) is 16.1. The van der Waals surface area contributed by atoms with Gasteiger partial charge in [-0.05, 0) is 37.4 Å². The van der Waals surface area contributed by atoms with E-state index in [4.69, 9.17) is 5.73 Å². The van der Waals surface area contributed by atoms with Gasteiger partial charge in [0.2, 0.25) is 5.91 Å². The molecule has 2 heterocycles. The lowest BCUT2D eigenvalue weighted by molar-refractivity contribution is -0.125. The Morgan fingerprint density at radius 1 is 1.47 bits per heavy atom. The van der Waals surface area contributed by atoms with Crippen LogP contribution in [0, 0.1) is 0 Å². The van der Waals surface area contributed by atoms with Crippen LogP contribution in [0.5, 0.6) is 0 Å². The van der Waals surface area contributed by atoms with Gasteiger partial charge in [-0.2, -0.15) is 0 Å². The Kier molecular flexibility index (Phi) is 2.48. The highest BCUT2D eigenvalue weighted by molar-refractivity contribution is 5.83. The Bertz CT molecular complexity index is 456. The summed E-state index contributed by atoms with van der Waals surface area (Å²) in [6.07, 6.45) is 2.75. The second-order valence-electron chi connectivity index (χ2n) is 4.67. The first-order valence-electron chi connectivity index (χ1n) is 6.03.